The molecule has 0 atom stereocenters. The minimum absolute atomic E-state index is 0.185. The largest absolute Gasteiger partial charge is 0.508 e. The van der Waals surface area contributed by atoms with E-state index in [9.17, 15) is 9.90 Å². The molecule has 3 aliphatic rings. The molecular weight excluding hydrogens is 388 g/mol. The van der Waals surface area contributed by atoms with Gasteiger partial charge in [0.15, 0.2) is 0 Å². The van der Waals surface area contributed by atoms with Gasteiger partial charge in [0.2, 0.25) is 5.91 Å². The van der Waals surface area contributed by atoms with Gasteiger partial charge in [-0.25, -0.2) is 0 Å². The number of amides is 1. The fourth-order valence-corrected chi connectivity index (χ4v) is 4.79. The van der Waals surface area contributed by atoms with Gasteiger partial charge in [-0.2, -0.15) is 0 Å². The smallest absolute Gasteiger partial charge is 0.225 e. The molecule has 1 aromatic carbocycles. The van der Waals surface area contributed by atoms with Crippen LogP contribution in [0.25, 0.3) is 0 Å². The average molecular weight is 425 g/mol. The highest BCUT2D eigenvalue weighted by molar-refractivity contribution is 5.79. The molecule has 2 fully saturated rings. The average Bonchev–Trinajstić information content (AvgIpc) is 2.78. The topological polar surface area (TPSA) is 50.3 Å². The Balaban J connectivity index is 1.19. The summed E-state index contributed by atoms with van der Waals surface area (Å²) in [6, 6.07) is 5.82. The Morgan fingerprint density at radius 1 is 1.03 bits per heavy atom. The molecule has 1 amide bonds. The van der Waals surface area contributed by atoms with E-state index in [0.717, 1.165) is 77.3 Å². The summed E-state index contributed by atoms with van der Waals surface area (Å²) in [7, 11) is 2.09. The van der Waals surface area contributed by atoms with Gasteiger partial charge in [0.25, 0.3) is 0 Å². The van der Waals surface area contributed by atoms with E-state index in [2.05, 4.69) is 51.1 Å². The van der Waals surface area contributed by atoms with Crippen molar-refractivity contribution in [3.8, 4) is 5.75 Å². The number of rotatable bonds is 5. The molecule has 6 heteroatoms. The predicted octanol–water partition coefficient (Wildman–Crippen LogP) is 2.44. The number of benzene rings is 1. The van der Waals surface area contributed by atoms with Crippen LogP contribution in [0.4, 0.5) is 0 Å². The number of phenolic OH excluding ortho intramolecular Hbond substituents is 1. The third-order valence-corrected chi connectivity index (χ3v) is 6.88. The normalized spacial score (nSPS) is 21.4. The minimum atomic E-state index is 0.185. The number of likely N-dealkylation sites (tertiary alicyclic amines) is 1. The summed E-state index contributed by atoms with van der Waals surface area (Å²) < 4.78 is 0. The van der Waals surface area contributed by atoms with Gasteiger partial charge in [-0.1, -0.05) is 18.2 Å². The van der Waals surface area contributed by atoms with Gasteiger partial charge in [0, 0.05) is 58.8 Å². The molecule has 0 saturated carbocycles. The van der Waals surface area contributed by atoms with Crippen LogP contribution in [0.5, 0.6) is 5.75 Å². The number of piperazine rings is 1. The van der Waals surface area contributed by atoms with Gasteiger partial charge >= 0.3 is 0 Å². The second kappa shape index (κ2) is 9.88. The lowest BCUT2D eigenvalue weighted by Crippen LogP contribution is -2.51. The molecular formula is C25H36N4O2. The van der Waals surface area contributed by atoms with Gasteiger partial charge in [0.05, 0.1) is 0 Å². The Hall–Kier alpha value is -2.31. The zero-order valence-electron chi connectivity index (χ0n) is 19.0. The van der Waals surface area contributed by atoms with Crippen molar-refractivity contribution in [1.29, 1.82) is 0 Å². The van der Waals surface area contributed by atoms with E-state index in [1.807, 2.05) is 13.0 Å². The predicted molar refractivity (Wildman–Crippen MR) is 124 cm³/mol. The number of aryl methyl sites for hydroxylation is 1. The number of hydrogen-bond donors (Lipinski definition) is 1. The zero-order valence-corrected chi connectivity index (χ0v) is 19.0. The number of aromatic hydroxyl groups is 1. The van der Waals surface area contributed by atoms with Crippen molar-refractivity contribution in [2.45, 2.75) is 26.3 Å². The van der Waals surface area contributed by atoms with Crippen LogP contribution in [-0.2, 0) is 11.3 Å². The molecule has 0 radical (unpaired) electrons. The van der Waals surface area contributed by atoms with E-state index in [-0.39, 0.29) is 5.92 Å². The zero-order chi connectivity index (χ0) is 21.8. The lowest BCUT2D eigenvalue weighted by molar-refractivity contribution is -0.138. The van der Waals surface area contributed by atoms with Crippen molar-refractivity contribution in [3.63, 3.8) is 0 Å². The van der Waals surface area contributed by atoms with Crippen LogP contribution in [0.1, 0.15) is 24.0 Å². The van der Waals surface area contributed by atoms with Crippen LogP contribution in [0.2, 0.25) is 0 Å². The van der Waals surface area contributed by atoms with Gasteiger partial charge in [-0.3, -0.25) is 14.6 Å². The molecule has 0 aromatic heterocycles. The lowest BCUT2D eigenvalue weighted by Gasteiger charge is -2.38. The Morgan fingerprint density at radius 2 is 1.74 bits per heavy atom. The van der Waals surface area contributed by atoms with Crippen LogP contribution >= 0.6 is 0 Å². The fourth-order valence-electron chi connectivity index (χ4n) is 4.79. The van der Waals surface area contributed by atoms with Crippen molar-refractivity contribution in [2.24, 2.45) is 5.92 Å². The molecule has 31 heavy (non-hydrogen) atoms. The summed E-state index contributed by atoms with van der Waals surface area (Å²) in [5.41, 5.74) is 3.53. The van der Waals surface area contributed by atoms with Crippen LogP contribution in [0.15, 0.2) is 42.1 Å². The van der Waals surface area contributed by atoms with Crippen LogP contribution in [0, 0.1) is 12.8 Å². The highest BCUT2D eigenvalue weighted by Crippen LogP contribution is 2.23. The Kier molecular flexibility index (Phi) is 6.98. The van der Waals surface area contributed by atoms with E-state index in [1.165, 1.54) is 11.1 Å². The first-order chi connectivity index (χ1) is 15.0. The molecule has 3 heterocycles. The number of likely N-dealkylation sites (N-methyl/N-ethyl adjacent to an activating group) is 1. The molecule has 0 aliphatic carbocycles. The summed E-state index contributed by atoms with van der Waals surface area (Å²) in [5.74, 6) is 0.896. The Morgan fingerprint density at radius 3 is 2.39 bits per heavy atom. The molecule has 1 aromatic rings. The van der Waals surface area contributed by atoms with Gasteiger partial charge in [0.1, 0.15) is 5.75 Å². The van der Waals surface area contributed by atoms with Gasteiger partial charge < -0.3 is 14.9 Å². The van der Waals surface area contributed by atoms with E-state index in [4.69, 9.17) is 0 Å². The van der Waals surface area contributed by atoms with Gasteiger partial charge in [-0.15, -0.1) is 0 Å². The molecule has 1 N–H and O–H groups in total. The second-order valence-electron chi connectivity index (χ2n) is 9.31. The third kappa shape index (κ3) is 5.69. The number of carbonyl (C=O) groups is 1. The first kappa shape index (κ1) is 21.9. The van der Waals surface area contributed by atoms with E-state index < -0.39 is 0 Å². The maximum absolute atomic E-state index is 13.1. The summed E-state index contributed by atoms with van der Waals surface area (Å²) in [4.78, 5) is 22.2. The molecule has 168 valence electrons. The third-order valence-electron chi connectivity index (χ3n) is 6.88. The number of phenols is 1. The second-order valence-corrected chi connectivity index (χ2v) is 9.31. The number of nitrogens with zero attached hydrogens (tertiary/aromatic N) is 4. The van der Waals surface area contributed by atoms with Crippen molar-refractivity contribution in [3.05, 3.63) is 53.3 Å². The van der Waals surface area contributed by atoms with Crippen molar-refractivity contribution < 1.29 is 9.90 Å². The molecule has 4 rings (SSSR count). The number of carbonyl (C=O) groups excluding carboxylic acids is 1. The Bertz CT molecular complexity index is 834. The van der Waals surface area contributed by atoms with Crippen LogP contribution < -0.4 is 0 Å². The Labute approximate surface area is 186 Å². The van der Waals surface area contributed by atoms with Crippen molar-refractivity contribution in [1.82, 2.24) is 19.6 Å². The molecule has 3 aliphatic heterocycles. The number of hydrogen-bond acceptors (Lipinski definition) is 5. The van der Waals surface area contributed by atoms with Crippen LogP contribution in [-0.4, -0.2) is 90.0 Å². The fraction of sp³-hybridized carbons (Fsp3) is 0.560. The van der Waals surface area contributed by atoms with Gasteiger partial charge in [-0.05, 0) is 67.9 Å². The quantitative estimate of drug-likeness (QED) is 0.787. The van der Waals surface area contributed by atoms with E-state index in [1.54, 1.807) is 6.07 Å². The van der Waals surface area contributed by atoms with Crippen molar-refractivity contribution >= 4 is 5.91 Å². The summed E-state index contributed by atoms with van der Waals surface area (Å²) in [6.45, 7) is 10.3. The van der Waals surface area contributed by atoms with E-state index >= 15 is 0 Å². The maximum atomic E-state index is 13.1. The lowest BCUT2D eigenvalue weighted by atomic mass is 9.94. The van der Waals surface area contributed by atoms with Crippen LogP contribution in [0.3, 0.4) is 0 Å². The monoisotopic (exact) mass is 424 g/mol. The van der Waals surface area contributed by atoms with Crippen molar-refractivity contribution in [2.75, 3.05) is 59.4 Å². The highest BCUT2D eigenvalue weighted by Gasteiger charge is 2.30. The molecule has 0 bridgehead atoms. The molecule has 6 nitrogen and oxygen atoms in total. The molecule has 0 spiro atoms. The SMILES string of the molecule is Cc1cc(CN2CCN(C(=O)C3CCN(CC4=CCN(C)C=C4)CC3)CC2)ccc1O. The first-order valence-corrected chi connectivity index (χ1v) is 11.6. The first-order valence-electron chi connectivity index (χ1n) is 11.6. The summed E-state index contributed by atoms with van der Waals surface area (Å²) in [6.07, 6.45) is 8.61. The number of piperidine rings is 1. The summed E-state index contributed by atoms with van der Waals surface area (Å²) >= 11 is 0. The summed E-state index contributed by atoms with van der Waals surface area (Å²) in [5, 5.41) is 9.71. The molecule has 0 unspecified atom stereocenters. The minimum Gasteiger partial charge on any atom is -0.508 e. The standard InChI is InChI=1S/C25H36N4O2/c1-20-17-22(3-4-24(20)30)19-28-13-15-29(16-14-28)25(31)23-7-11-27(12-8-23)18-21-5-9-26(2)10-6-21/h3-6,9,17,23,30H,7-8,10-16,18-19H2,1-2H3. The maximum Gasteiger partial charge on any atom is 0.225 e. The van der Waals surface area contributed by atoms with E-state index in [0.29, 0.717) is 11.7 Å². The highest BCUT2D eigenvalue weighted by atomic mass is 16.3. The molecule has 2 saturated heterocycles.